The predicted molar refractivity (Wildman–Crippen MR) is 116 cm³/mol. The van der Waals surface area contributed by atoms with Gasteiger partial charge >= 0.3 is 0 Å². The number of thioether (sulfide) groups is 1. The first-order valence-corrected chi connectivity index (χ1v) is 10.7. The van der Waals surface area contributed by atoms with Crippen LogP contribution in [0.5, 0.6) is 11.5 Å². The molecule has 31 heavy (non-hydrogen) atoms. The summed E-state index contributed by atoms with van der Waals surface area (Å²) < 4.78 is 16.3. The van der Waals surface area contributed by atoms with E-state index in [-0.39, 0.29) is 17.4 Å². The van der Waals surface area contributed by atoms with Gasteiger partial charge in [-0.15, -0.1) is 10.2 Å². The van der Waals surface area contributed by atoms with Crippen LogP contribution in [0.25, 0.3) is 11.5 Å². The number of carbonyl (C=O) groups is 2. The van der Waals surface area contributed by atoms with Gasteiger partial charge in [-0.2, -0.15) is 0 Å². The average molecular weight is 439 g/mol. The van der Waals surface area contributed by atoms with Gasteiger partial charge in [-0.25, -0.2) is 0 Å². The Morgan fingerprint density at radius 2 is 1.94 bits per heavy atom. The zero-order valence-electron chi connectivity index (χ0n) is 17.2. The Balaban J connectivity index is 1.39. The molecule has 1 aliphatic rings. The third-order valence-corrected chi connectivity index (χ3v) is 5.77. The number of hydrogen-bond acceptors (Lipinski definition) is 8. The van der Waals surface area contributed by atoms with Crippen LogP contribution in [-0.4, -0.2) is 48.4 Å². The van der Waals surface area contributed by atoms with Crippen molar-refractivity contribution in [1.29, 1.82) is 0 Å². The smallest absolute Gasteiger partial charge is 0.277 e. The lowest BCUT2D eigenvalue weighted by molar-refractivity contribution is -0.117. The van der Waals surface area contributed by atoms with Crippen LogP contribution in [0.1, 0.15) is 23.2 Å². The number of anilines is 1. The third kappa shape index (κ3) is 4.56. The number of ketones is 1. The summed E-state index contributed by atoms with van der Waals surface area (Å²) in [5.74, 6) is 1.71. The normalized spacial score (nSPS) is 13.5. The fraction of sp³-hybridized carbons (Fsp3) is 0.273. The van der Waals surface area contributed by atoms with Crippen LogP contribution in [0.15, 0.2) is 52.1 Å². The first-order valence-electron chi connectivity index (χ1n) is 9.71. The fourth-order valence-corrected chi connectivity index (χ4v) is 3.97. The molecule has 1 saturated heterocycles. The van der Waals surface area contributed by atoms with Crippen LogP contribution in [0.2, 0.25) is 0 Å². The molecule has 3 aromatic rings. The number of carbonyl (C=O) groups excluding carboxylic acids is 2. The van der Waals surface area contributed by atoms with Gasteiger partial charge in [0.1, 0.15) is 11.5 Å². The molecule has 0 N–H and O–H groups in total. The second-order valence-corrected chi connectivity index (χ2v) is 7.77. The van der Waals surface area contributed by atoms with Crippen LogP contribution in [0.4, 0.5) is 5.69 Å². The second-order valence-electron chi connectivity index (χ2n) is 6.85. The van der Waals surface area contributed by atoms with Crippen LogP contribution in [-0.2, 0) is 4.79 Å². The molecule has 0 saturated carbocycles. The van der Waals surface area contributed by atoms with E-state index in [0.717, 1.165) is 18.7 Å². The molecule has 9 heteroatoms. The number of rotatable bonds is 8. The van der Waals surface area contributed by atoms with Crippen LogP contribution < -0.4 is 14.4 Å². The van der Waals surface area contributed by atoms with Gasteiger partial charge in [-0.05, 0) is 42.8 Å². The summed E-state index contributed by atoms with van der Waals surface area (Å²) in [6.45, 7) is 0.723. The number of Topliss-reactive ketones (excluding diaryl/α,β-unsaturated/α-hetero) is 1. The molecule has 2 aromatic carbocycles. The summed E-state index contributed by atoms with van der Waals surface area (Å²) in [5.41, 5.74) is 2.03. The largest absolute Gasteiger partial charge is 0.497 e. The molecule has 160 valence electrons. The summed E-state index contributed by atoms with van der Waals surface area (Å²) in [7, 11) is 3.13. The number of amides is 1. The molecule has 1 aromatic heterocycles. The first kappa shape index (κ1) is 20.9. The summed E-state index contributed by atoms with van der Waals surface area (Å²) >= 11 is 1.17. The highest BCUT2D eigenvalue weighted by atomic mass is 32.2. The molecule has 8 nitrogen and oxygen atoms in total. The van der Waals surface area contributed by atoms with Gasteiger partial charge in [0.15, 0.2) is 5.78 Å². The van der Waals surface area contributed by atoms with E-state index >= 15 is 0 Å². The monoisotopic (exact) mass is 439 g/mol. The first-order chi connectivity index (χ1) is 15.1. The van der Waals surface area contributed by atoms with Gasteiger partial charge in [0, 0.05) is 30.3 Å². The van der Waals surface area contributed by atoms with E-state index in [2.05, 4.69) is 10.2 Å². The summed E-state index contributed by atoms with van der Waals surface area (Å²) in [4.78, 5) is 26.1. The van der Waals surface area contributed by atoms with Crippen molar-refractivity contribution in [1.82, 2.24) is 10.2 Å². The van der Waals surface area contributed by atoms with Gasteiger partial charge in [0.05, 0.1) is 25.5 Å². The summed E-state index contributed by atoms with van der Waals surface area (Å²) in [6.07, 6.45) is 1.44. The maximum absolute atomic E-state index is 12.5. The topological polar surface area (TPSA) is 94.8 Å². The molecule has 0 spiro atoms. The molecule has 2 heterocycles. The molecule has 1 fully saturated rings. The molecular weight excluding hydrogens is 418 g/mol. The van der Waals surface area contributed by atoms with Crippen molar-refractivity contribution in [3.63, 3.8) is 0 Å². The van der Waals surface area contributed by atoms with E-state index < -0.39 is 0 Å². The van der Waals surface area contributed by atoms with Gasteiger partial charge in [0.2, 0.25) is 5.91 Å². The van der Waals surface area contributed by atoms with Crippen molar-refractivity contribution in [2.45, 2.75) is 18.1 Å². The number of nitrogens with zero attached hydrogens (tertiary/aromatic N) is 3. The van der Waals surface area contributed by atoms with E-state index in [0.29, 0.717) is 40.2 Å². The highest BCUT2D eigenvalue weighted by molar-refractivity contribution is 7.99. The minimum absolute atomic E-state index is 0.0638. The van der Waals surface area contributed by atoms with Gasteiger partial charge in [-0.1, -0.05) is 11.8 Å². The number of benzene rings is 2. The molecule has 0 unspecified atom stereocenters. The van der Waals surface area contributed by atoms with E-state index in [9.17, 15) is 9.59 Å². The quantitative estimate of drug-likeness (QED) is 0.386. The molecule has 0 aliphatic carbocycles. The maximum Gasteiger partial charge on any atom is 0.277 e. The van der Waals surface area contributed by atoms with Crippen LogP contribution in [0.3, 0.4) is 0 Å². The summed E-state index contributed by atoms with van der Waals surface area (Å²) in [5, 5.41) is 8.36. The van der Waals surface area contributed by atoms with Gasteiger partial charge in [-0.3, -0.25) is 9.59 Å². The van der Waals surface area contributed by atoms with E-state index in [1.54, 1.807) is 49.5 Å². The van der Waals surface area contributed by atoms with Crippen molar-refractivity contribution in [2.24, 2.45) is 0 Å². The Morgan fingerprint density at radius 1 is 1.13 bits per heavy atom. The van der Waals surface area contributed by atoms with Crippen molar-refractivity contribution in [3.05, 3.63) is 48.0 Å². The Bertz CT molecular complexity index is 1100. The minimum atomic E-state index is -0.0638. The van der Waals surface area contributed by atoms with E-state index in [1.807, 2.05) is 12.1 Å². The Labute approximate surface area is 183 Å². The standard InChI is InChI=1S/C22H21N3O5S/c1-28-16-9-10-17(19(12-16)29-2)21-23-24-22(30-21)31-13-18(26)14-5-7-15(8-6-14)25-11-3-4-20(25)27/h5-10,12H,3-4,11,13H2,1-2H3. The van der Waals surface area contributed by atoms with Crippen molar-refractivity contribution in [3.8, 4) is 23.0 Å². The Morgan fingerprint density at radius 3 is 2.61 bits per heavy atom. The number of methoxy groups -OCH3 is 2. The lowest BCUT2D eigenvalue weighted by Gasteiger charge is -2.15. The molecule has 4 rings (SSSR count). The minimum Gasteiger partial charge on any atom is -0.497 e. The summed E-state index contributed by atoms with van der Waals surface area (Å²) in [6, 6.07) is 12.4. The Kier molecular flexibility index (Phi) is 6.22. The molecule has 0 radical (unpaired) electrons. The van der Waals surface area contributed by atoms with Gasteiger partial charge in [0.25, 0.3) is 11.1 Å². The molecule has 0 bridgehead atoms. The van der Waals surface area contributed by atoms with Crippen LogP contribution >= 0.6 is 11.8 Å². The van der Waals surface area contributed by atoms with Gasteiger partial charge < -0.3 is 18.8 Å². The zero-order valence-corrected chi connectivity index (χ0v) is 18.0. The van der Waals surface area contributed by atoms with Crippen molar-refractivity contribution in [2.75, 3.05) is 31.4 Å². The molecule has 1 aliphatic heterocycles. The lowest BCUT2D eigenvalue weighted by atomic mass is 10.1. The fourth-order valence-electron chi connectivity index (χ4n) is 3.31. The molecular formula is C22H21N3O5S. The predicted octanol–water partition coefficient (Wildman–Crippen LogP) is 3.86. The number of aromatic nitrogens is 2. The average Bonchev–Trinajstić information content (AvgIpc) is 3.46. The number of ether oxygens (including phenoxy) is 2. The third-order valence-electron chi connectivity index (χ3n) is 4.95. The van der Waals surface area contributed by atoms with Crippen molar-refractivity contribution >= 4 is 29.1 Å². The van der Waals surface area contributed by atoms with E-state index in [4.69, 9.17) is 13.9 Å². The van der Waals surface area contributed by atoms with Crippen molar-refractivity contribution < 1.29 is 23.5 Å². The molecule has 1 amide bonds. The van der Waals surface area contributed by atoms with E-state index in [1.165, 1.54) is 11.8 Å². The van der Waals surface area contributed by atoms with Crippen LogP contribution in [0, 0.1) is 0 Å². The number of hydrogen-bond donors (Lipinski definition) is 0. The lowest BCUT2D eigenvalue weighted by Crippen LogP contribution is -2.23. The second kappa shape index (κ2) is 9.22. The molecule has 0 atom stereocenters. The SMILES string of the molecule is COc1ccc(-c2nnc(SCC(=O)c3ccc(N4CCCC4=O)cc3)o2)c(OC)c1. The highest BCUT2D eigenvalue weighted by Gasteiger charge is 2.22. The maximum atomic E-state index is 12.5. The highest BCUT2D eigenvalue weighted by Crippen LogP contribution is 2.33. The zero-order chi connectivity index (χ0) is 21.8. The Hall–Kier alpha value is -3.33.